The number of anilines is 1. The van der Waals surface area contributed by atoms with Gasteiger partial charge >= 0.3 is 0 Å². The summed E-state index contributed by atoms with van der Waals surface area (Å²) in [5, 5.41) is 20.7. The average Bonchev–Trinajstić information content (AvgIpc) is 3.58. The summed E-state index contributed by atoms with van der Waals surface area (Å²) in [6.45, 7) is 9.40. The minimum Gasteiger partial charge on any atom is -0.392 e. The van der Waals surface area contributed by atoms with Crippen LogP contribution in [0.2, 0.25) is 5.02 Å². The Kier molecular flexibility index (Phi) is 10.6. The summed E-state index contributed by atoms with van der Waals surface area (Å²) in [5.41, 5.74) is 12.3. The van der Waals surface area contributed by atoms with E-state index in [1.54, 1.807) is 11.3 Å². The maximum Gasteiger partial charge on any atom is 0.225 e. The van der Waals surface area contributed by atoms with E-state index < -0.39 is 6.04 Å². The predicted octanol–water partition coefficient (Wildman–Crippen LogP) is 5.90. The molecular formula is C37H42ClN7O2S. The van der Waals surface area contributed by atoms with Gasteiger partial charge in [-0.1, -0.05) is 42.0 Å². The third-order valence-electron chi connectivity index (χ3n) is 9.21. The van der Waals surface area contributed by atoms with Crippen molar-refractivity contribution in [2.45, 2.75) is 65.5 Å². The van der Waals surface area contributed by atoms with E-state index in [4.69, 9.17) is 22.3 Å². The number of fused-ring (bicyclic) bond motifs is 3. The summed E-state index contributed by atoms with van der Waals surface area (Å²) in [6, 6.07) is 13.3. The van der Waals surface area contributed by atoms with E-state index in [0.717, 1.165) is 75.7 Å². The molecule has 0 bridgehead atoms. The van der Waals surface area contributed by atoms with Gasteiger partial charge in [-0.15, -0.1) is 21.5 Å². The standard InChI is InChI=1S/C37H42ClN7O2S/c1-24-25(2)48-37-34(24)35(28-10-13-30(38)14-11-28)40-32(36-42-41-26(3)45(36)37)22-33(47)44-19-17-43(18-20-44)31-15-12-27(29(21-31)23-46)9-7-5-4-6-8-16-39/h10-15,21,32,46H,4-6,8,16-20,22-23,39H2,1-3H3/t32-/m0/s1. The van der Waals surface area contributed by atoms with Crippen molar-refractivity contribution in [3.8, 4) is 16.8 Å². The van der Waals surface area contributed by atoms with Gasteiger partial charge in [0.1, 0.15) is 16.9 Å². The number of rotatable bonds is 9. The molecule has 1 saturated heterocycles. The summed E-state index contributed by atoms with van der Waals surface area (Å²) in [5.74, 6) is 7.96. The molecule has 0 spiro atoms. The van der Waals surface area contributed by atoms with E-state index in [2.05, 4.69) is 51.4 Å². The number of hydrogen-bond acceptors (Lipinski definition) is 8. The minimum atomic E-state index is -0.497. The Morgan fingerprint density at radius 3 is 2.54 bits per heavy atom. The number of aryl methyl sites for hydroxylation is 2. The van der Waals surface area contributed by atoms with E-state index in [9.17, 15) is 9.90 Å². The van der Waals surface area contributed by atoms with Crippen LogP contribution in [0.1, 0.15) is 82.5 Å². The molecule has 0 unspecified atom stereocenters. The largest absolute Gasteiger partial charge is 0.392 e. The van der Waals surface area contributed by atoms with Crippen LogP contribution < -0.4 is 10.6 Å². The first-order valence-electron chi connectivity index (χ1n) is 16.6. The molecule has 1 fully saturated rings. The van der Waals surface area contributed by atoms with Gasteiger partial charge in [-0.3, -0.25) is 14.4 Å². The van der Waals surface area contributed by atoms with Crippen molar-refractivity contribution in [3.05, 3.63) is 91.8 Å². The molecule has 0 aliphatic carbocycles. The fraction of sp³-hybridized carbons (Fsp3) is 0.405. The summed E-state index contributed by atoms with van der Waals surface area (Å²) < 4.78 is 2.08. The van der Waals surface area contributed by atoms with E-state index >= 15 is 0 Å². The second kappa shape index (κ2) is 15.0. The quantitative estimate of drug-likeness (QED) is 0.168. The van der Waals surface area contributed by atoms with Crippen LogP contribution in [-0.2, 0) is 11.4 Å². The zero-order valence-electron chi connectivity index (χ0n) is 27.8. The van der Waals surface area contributed by atoms with E-state index in [0.29, 0.717) is 43.6 Å². The number of aromatic nitrogens is 3. The minimum absolute atomic E-state index is 0.0392. The van der Waals surface area contributed by atoms with Crippen molar-refractivity contribution in [1.29, 1.82) is 0 Å². The van der Waals surface area contributed by atoms with E-state index in [1.165, 1.54) is 4.88 Å². The molecule has 2 aliphatic heterocycles. The second-order valence-electron chi connectivity index (χ2n) is 12.4. The molecule has 2 aromatic heterocycles. The Labute approximate surface area is 291 Å². The number of aliphatic imine (C=N–C) groups is 1. The van der Waals surface area contributed by atoms with Crippen molar-refractivity contribution >= 4 is 40.2 Å². The summed E-state index contributed by atoms with van der Waals surface area (Å²) in [7, 11) is 0. The van der Waals surface area contributed by atoms with Crippen molar-refractivity contribution in [3.63, 3.8) is 0 Å². The number of carbonyl (C=O) groups is 1. The van der Waals surface area contributed by atoms with Crippen molar-refractivity contribution in [2.24, 2.45) is 10.7 Å². The molecule has 4 heterocycles. The van der Waals surface area contributed by atoms with Crippen LogP contribution in [-0.4, -0.2) is 69.1 Å². The lowest BCUT2D eigenvalue weighted by atomic mass is 9.99. The van der Waals surface area contributed by atoms with Crippen LogP contribution in [0.5, 0.6) is 0 Å². The number of thiophene rings is 1. The number of benzene rings is 2. The van der Waals surface area contributed by atoms with Crippen LogP contribution >= 0.6 is 22.9 Å². The molecular weight excluding hydrogens is 642 g/mol. The number of nitrogens with zero attached hydrogens (tertiary/aromatic N) is 6. The zero-order chi connectivity index (χ0) is 33.8. The molecule has 2 aliphatic rings. The SMILES string of the molecule is Cc1sc2c(c1C)C(c1ccc(Cl)cc1)=N[C@@H](CC(=O)N1CCN(c3ccc(C#CCCCCCN)c(CO)c3)CC1)c1nnc(C)n1-2. The smallest absolute Gasteiger partial charge is 0.225 e. The van der Waals surface area contributed by atoms with Crippen LogP contribution in [0.25, 0.3) is 5.00 Å². The molecule has 1 amide bonds. The summed E-state index contributed by atoms with van der Waals surface area (Å²) in [4.78, 5) is 24.6. The van der Waals surface area contributed by atoms with Gasteiger partial charge in [0.25, 0.3) is 0 Å². The number of aliphatic hydroxyl groups excluding tert-OH is 1. The third-order valence-corrected chi connectivity index (χ3v) is 10.7. The Bertz CT molecular complexity index is 1880. The van der Waals surface area contributed by atoms with Crippen molar-refractivity contribution in [1.82, 2.24) is 19.7 Å². The molecule has 2 aromatic carbocycles. The van der Waals surface area contributed by atoms with Crippen LogP contribution in [0.4, 0.5) is 5.69 Å². The third kappa shape index (κ3) is 7.06. The molecule has 4 aromatic rings. The Morgan fingerprint density at radius 1 is 1.04 bits per heavy atom. The van der Waals surface area contributed by atoms with Crippen molar-refractivity contribution < 1.29 is 9.90 Å². The summed E-state index contributed by atoms with van der Waals surface area (Å²) in [6.07, 6.45) is 4.15. The highest BCUT2D eigenvalue weighted by atomic mass is 35.5. The van der Waals surface area contributed by atoms with Gasteiger partial charge in [0.2, 0.25) is 5.91 Å². The predicted molar refractivity (Wildman–Crippen MR) is 193 cm³/mol. The number of carbonyl (C=O) groups excluding carboxylic acids is 1. The highest BCUT2D eigenvalue weighted by Crippen LogP contribution is 2.40. The van der Waals surface area contributed by atoms with E-state index in [1.807, 2.05) is 48.2 Å². The van der Waals surface area contributed by atoms with Crippen LogP contribution in [0.15, 0.2) is 47.5 Å². The lowest BCUT2D eigenvalue weighted by Crippen LogP contribution is -2.49. The topological polar surface area (TPSA) is 113 Å². The van der Waals surface area contributed by atoms with E-state index in [-0.39, 0.29) is 18.9 Å². The van der Waals surface area contributed by atoms with Crippen LogP contribution in [0, 0.1) is 32.6 Å². The molecule has 3 N–H and O–H groups in total. The number of nitrogens with two attached hydrogens (primary N) is 1. The highest BCUT2D eigenvalue weighted by Gasteiger charge is 2.34. The Hall–Kier alpha value is -4.01. The van der Waals surface area contributed by atoms with Gasteiger partial charge in [-0.2, -0.15) is 0 Å². The molecule has 250 valence electrons. The van der Waals surface area contributed by atoms with Crippen molar-refractivity contribution in [2.75, 3.05) is 37.6 Å². The Balaban J connectivity index is 1.18. The first kappa shape index (κ1) is 33.9. The highest BCUT2D eigenvalue weighted by molar-refractivity contribution is 7.15. The lowest BCUT2D eigenvalue weighted by molar-refractivity contribution is -0.131. The fourth-order valence-corrected chi connectivity index (χ4v) is 7.70. The average molecular weight is 684 g/mol. The maximum absolute atomic E-state index is 13.9. The zero-order valence-corrected chi connectivity index (χ0v) is 29.4. The van der Waals surface area contributed by atoms with Gasteiger partial charge in [0.05, 0.1) is 18.7 Å². The molecule has 11 heteroatoms. The number of unbranched alkanes of at least 4 members (excludes halogenated alkanes) is 3. The fourth-order valence-electron chi connectivity index (χ4n) is 6.36. The number of hydrogen-bond donors (Lipinski definition) is 2. The molecule has 48 heavy (non-hydrogen) atoms. The van der Waals surface area contributed by atoms with Gasteiger partial charge in [0, 0.05) is 64.9 Å². The molecule has 6 rings (SSSR count). The lowest BCUT2D eigenvalue weighted by Gasteiger charge is -2.36. The van der Waals surface area contributed by atoms with Crippen LogP contribution in [0.3, 0.4) is 0 Å². The number of amides is 1. The van der Waals surface area contributed by atoms with Gasteiger partial charge < -0.3 is 20.6 Å². The number of halogens is 1. The van der Waals surface area contributed by atoms with Gasteiger partial charge in [-0.25, -0.2) is 0 Å². The number of piperazine rings is 1. The second-order valence-corrected chi connectivity index (χ2v) is 14.0. The monoisotopic (exact) mass is 683 g/mol. The Morgan fingerprint density at radius 2 is 1.81 bits per heavy atom. The maximum atomic E-state index is 13.9. The number of aliphatic hydroxyl groups is 1. The molecule has 9 nitrogen and oxygen atoms in total. The normalized spacial score (nSPS) is 15.7. The molecule has 0 saturated carbocycles. The summed E-state index contributed by atoms with van der Waals surface area (Å²) >= 11 is 7.95. The van der Waals surface area contributed by atoms with Gasteiger partial charge in [0.15, 0.2) is 5.82 Å². The molecule has 1 atom stereocenters. The first-order chi connectivity index (χ1) is 23.3. The van der Waals surface area contributed by atoms with Gasteiger partial charge in [-0.05, 0) is 81.6 Å². The molecule has 0 radical (unpaired) electrons. The first-order valence-corrected chi connectivity index (χ1v) is 17.8.